The SMILES string of the molecule is CCCCCCCCCC(CCCCCCCCC)OP(=S)(OCC)OCC. The van der Waals surface area contributed by atoms with Crippen molar-refractivity contribution < 1.29 is 13.6 Å². The first-order valence-electron chi connectivity index (χ1n) is 12.2. The first kappa shape index (κ1) is 28.5. The van der Waals surface area contributed by atoms with Crippen LogP contribution in [-0.4, -0.2) is 19.3 Å². The van der Waals surface area contributed by atoms with E-state index in [1.165, 1.54) is 89.9 Å². The van der Waals surface area contributed by atoms with E-state index in [2.05, 4.69) is 13.8 Å². The Hall–Kier alpha value is 0.530. The minimum atomic E-state index is -2.58. The largest absolute Gasteiger partial charge is 0.327 e. The Morgan fingerprint density at radius 1 is 0.571 bits per heavy atom. The Labute approximate surface area is 181 Å². The smallest absolute Gasteiger partial charge is 0.309 e. The van der Waals surface area contributed by atoms with Crippen molar-refractivity contribution in [3.63, 3.8) is 0 Å². The molecule has 28 heavy (non-hydrogen) atoms. The second-order valence-corrected chi connectivity index (χ2v) is 10.8. The van der Waals surface area contributed by atoms with Crippen LogP contribution in [0.15, 0.2) is 0 Å². The van der Waals surface area contributed by atoms with Crippen molar-refractivity contribution in [2.45, 2.75) is 137 Å². The molecular weight excluding hydrogens is 387 g/mol. The molecule has 0 N–H and O–H groups in total. The highest BCUT2D eigenvalue weighted by Gasteiger charge is 2.24. The van der Waals surface area contributed by atoms with Crippen LogP contribution in [-0.2, 0) is 25.4 Å². The molecule has 0 fully saturated rings. The highest BCUT2D eigenvalue weighted by atomic mass is 32.5. The lowest BCUT2D eigenvalue weighted by Gasteiger charge is -2.26. The van der Waals surface area contributed by atoms with Crippen LogP contribution in [0.5, 0.6) is 0 Å². The minimum absolute atomic E-state index is 0.190. The first-order valence-corrected chi connectivity index (χ1v) is 14.7. The van der Waals surface area contributed by atoms with Crippen LogP contribution < -0.4 is 0 Å². The fourth-order valence-electron chi connectivity index (χ4n) is 3.50. The fourth-order valence-corrected chi connectivity index (χ4v) is 5.91. The van der Waals surface area contributed by atoms with E-state index in [1.54, 1.807) is 0 Å². The molecule has 0 aromatic heterocycles. The second kappa shape index (κ2) is 20.8. The molecular formula is C23H49O3PS. The molecule has 0 aromatic rings. The van der Waals surface area contributed by atoms with Gasteiger partial charge in [0.05, 0.1) is 19.3 Å². The molecule has 3 nitrogen and oxygen atoms in total. The molecule has 0 saturated carbocycles. The highest BCUT2D eigenvalue weighted by Crippen LogP contribution is 2.51. The van der Waals surface area contributed by atoms with E-state index in [9.17, 15) is 0 Å². The maximum Gasteiger partial charge on any atom is 0.327 e. The van der Waals surface area contributed by atoms with Gasteiger partial charge in [-0.2, -0.15) is 0 Å². The standard InChI is InChI=1S/C23H49O3PS/c1-5-9-11-13-15-17-19-21-23(22-20-18-16-14-12-10-6-2)26-27(28,24-7-3)25-8-4/h23H,5-22H2,1-4H3. The summed E-state index contributed by atoms with van der Waals surface area (Å²) in [5.74, 6) is 0. The van der Waals surface area contributed by atoms with Gasteiger partial charge in [-0.1, -0.05) is 104 Å². The van der Waals surface area contributed by atoms with Gasteiger partial charge in [0.15, 0.2) is 0 Å². The van der Waals surface area contributed by atoms with Crippen LogP contribution >= 0.6 is 6.72 Å². The van der Waals surface area contributed by atoms with E-state index in [1.807, 2.05) is 13.8 Å². The van der Waals surface area contributed by atoms with Crippen LogP contribution in [0.25, 0.3) is 0 Å². The summed E-state index contributed by atoms with van der Waals surface area (Å²) < 4.78 is 17.7. The van der Waals surface area contributed by atoms with E-state index < -0.39 is 6.72 Å². The van der Waals surface area contributed by atoms with Crippen LogP contribution in [0.2, 0.25) is 0 Å². The summed E-state index contributed by atoms with van der Waals surface area (Å²) >= 11 is 5.62. The Balaban J connectivity index is 4.30. The van der Waals surface area contributed by atoms with E-state index in [-0.39, 0.29) is 6.10 Å². The van der Waals surface area contributed by atoms with E-state index >= 15 is 0 Å². The Morgan fingerprint density at radius 2 is 0.929 bits per heavy atom. The number of hydrogen-bond acceptors (Lipinski definition) is 4. The van der Waals surface area contributed by atoms with Crippen molar-refractivity contribution in [3.8, 4) is 0 Å². The predicted octanol–water partition coefficient (Wildman–Crippen LogP) is 8.95. The van der Waals surface area contributed by atoms with Gasteiger partial charge in [0.25, 0.3) is 0 Å². The summed E-state index contributed by atoms with van der Waals surface area (Å²) in [5, 5.41) is 0. The van der Waals surface area contributed by atoms with Crippen LogP contribution in [0.3, 0.4) is 0 Å². The van der Waals surface area contributed by atoms with Gasteiger partial charge in [0, 0.05) is 0 Å². The summed E-state index contributed by atoms with van der Waals surface area (Å²) in [6, 6.07) is 0. The van der Waals surface area contributed by atoms with E-state index in [0.29, 0.717) is 13.2 Å². The van der Waals surface area contributed by atoms with Gasteiger partial charge in [-0.3, -0.25) is 0 Å². The van der Waals surface area contributed by atoms with Gasteiger partial charge in [-0.05, 0) is 38.5 Å². The van der Waals surface area contributed by atoms with E-state index in [4.69, 9.17) is 25.4 Å². The molecule has 0 amide bonds. The van der Waals surface area contributed by atoms with Crippen LogP contribution in [0.1, 0.15) is 130 Å². The van der Waals surface area contributed by atoms with Crippen LogP contribution in [0, 0.1) is 0 Å². The maximum absolute atomic E-state index is 6.29. The quantitative estimate of drug-likeness (QED) is 0.125. The molecule has 0 unspecified atom stereocenters. The molecule has 170 valence electrons. The molecule has 0 spiro atoms. The van der Waals surface area contributed by atoms with Crippen molar-refractivity contribution in [1.29, 1.82) is 0 Å². The molecule has 0 heterocycles. The third-order valence-corrected chi connectivity index (χ3v) is 7.71. The van der Waals surface area contributed by atoms with Gasteiger partial charge in [-0.15, -0.1) is 0 Å². The lowest BCUT2D eigenvalue weighted by Crippen LogP contribution is -2.14. The molecule has 0 rings (SSSR count). The molecule has 0 aliphatic carbocycles. The summed E-state index contributed by atoms with van der Waals surface area (Å²) in [6.45, 7) is 6.99. The normalized spacial score (nSPS) is 12.2. The van der Waals surface area contributed by atoms with Gasteiger partial charge in [0.1, 0.15) is 0 Å². The molecule has 0 atom stereocenters. The van der Waals surface area contributed by atoms with Crippen LogP contribution in [0.4, 0.5) is 0 Å². The minimum Gasteiger partial charge on any atom is -0.309 e. The van der Waals surface area contributed by atoms with Crippen molar-refractivity contribution >= 4 is 18.5 Å². The van der Waals surface area contributed by atoms with Gasteiger partial charge in [-0.25, -0.2) is 0 Å². The number of unbranched alkanes of at least 4 members (excludes halogenated alkanes) is 12. The molecule has 0 aliphatic rings. The zero-order valence-corrected chi connectivity index (χ0v) is 21.1. The molecule has 0 saturated heterocycles. The first-order chi connectivity index (χ1) is 13.6. The zero-order valence-electron chi connectivity index (χ0n) is 19.4. The Morgan fingerprint density at radius 3 is 1.29 bits per heavy atom. The summed E-state index contributed by atoms with van der Waals surface area (Å²) in [4.78, 5) is 0. The predicted molar refractivity (Wildman–Crippen MR) is 128 cm³/mol. The monoisotopic (exact) mass is 436 g/mol. The summed E-state index contributed by atoms with van der Waals surface area (Å²) in [7, 11) is 0. The topological polar surface area (TPSA) is 27.7 Å². The van der Waals surface area contributed by atoms with Crippen molar-refractivity contribution in [2.24, 2.45) is 0 Å². The highest BCUT2D eigenvalue weighted by molar-refractivity contribution is 8.07. The average molecular weight is 437 g/mol. The number of rotatable bonds is 22. The zero-order chi connectivity index (χ0) is 20.9. The Kier molecular flexibility index (Phi) is 21.2. The Bertz CT molecular complexity index is 338. The van der Waals surface area contributed by atoms with Gasteiger partial charge >= 0.3 is 6.72 Å². The lowest BCUT2D eigenvalue weighted by molar-refractivity contribution is 0.107. The fraction of sp³-hybridized carbons (Fsp3) is 1.00. The second-order valence-electron chi connectivity index (χ2n) is 7.83. The molecule has 0 radical (unpaired) electrons. The third kappa shape index (κ3) is 17.4. The average Bonchev–Trinajstić information content (AvgIpc) is 2.66. The van der Waals surface area contributed by atoms with Crippen molar-refractivity contribution in [1.82, 2.24) is 0 Å². The summed E-state index contributed by atoms with van der Waals surface area (Å²) in [5.41, 5.74) is 0. The molecule has 0 bridgehead atoms. The molecule has 0 aliphatic heterocycles. The number of hydrogen-bond donors (Lipinski definition) is 0. The van der Waals surface area contributed by atoms with Gasteiger partial charge < -0.3 is 13.6 Å². The van der Waals surface area contributed by atoms with Gasteiger partial charge in [0.2, 0.25) is 0 Å². The van der Waals surface area contributed by atoms with Crippen molar-refractivity contribution in [2.75, 3.05) is 13.2 Å². The maximum atomic E-state index is 6.29. The third-order valence-electron chi connectivity index (χ3n) is 5.11. The molecule has 5 heteroatoms. The lowest BCUT2D eigenvalue weighted by atomic mass is 10.0. The molecule has 0 aromatic carbocycles. The van der Waals surface area contributed by atoms with E-state index in [0.717, 1.165) is 12.8 Å². The summed E-state index contributed by atoms with van der Waals surface area (Å²) in [6.07, 6.45) is 21.0. The van der Waals surface area contributed by atoms with Crippen molar-refractivity contribution in [3.05, 3.63) is 0 Å².